The van der Waals surface area contributed by atoms with Gasteiger partial charge < -0.3 is 15.0 Å². The molecule has 1 N–H and O–H groups in total. The van der Waals surface area contributed by atoms with Crippen molar-refractivity contribution in [3.8, 4) is 0 Å². The maximum Gasteiger partial charge on any atom is 0.409 e. The zero-order chi connectivity index (χ0) is 8.39. The average Bonchev–Trinajstić information content (AvgIpc) is 2.78. The van der Waals surface area contributed by atoms with Gasteiger partial charge in [-0.2, -0.15) is 0 Å². The molecule has 1 heterocycles. The highest BCUT2D eigenvalue weighted by molar-refractivity contribution is 5.69. The minimum Gasteiger partial charge on any atom is -0.448 e. The summed E-state index contributed by atoms with van der Waals surface area (Å²) in [6.45, 7) is 3.00. The molecule has 0 radical (unpaired) electrons. The third-order valence-corrected chi connectivity index (χ3v) is 2.24. The fraction of sp³-hybridized carbons (Fsp3) is 0.875. The molecule has 0 atom stereocenters. The van der Waals surface area contributed by atoms with E-state index in [1.54, 1.807) is 4.90 Å². The van der Waals surface area contributed by atoms with Crippen LogP contribution in [0, 0.1) is 0 Å². The highest BCUT2D eigenvalue weighted by atomic mass is 16.6. The molecule has 1 saturated heterocycles. The van der Waals surface area contributed by atoms with E-state index in [1.807, 2.05) is 0 Å². The van der Waals surface area contributed by atoms with E-state index in [-0.39, 0.29) is 6.09 Å². The Morgan fingerprint density at radius 3 is 3.00 bits per heavy atom. The van der Waals surface area contributed by atoms with Gasteiger partial charge in [0, 0.05) is 19.1 Å². The summed E-state index contributed by atoms with van der Waals surface area (Å²) < 4.78 is 4.80. The Labute approximate surface area is 71.9 Å². The summed E-state index contributed by atoms with van der Waals surface area (Å²) in [6, 6.07) is 0.726. The predicted molar refractivity (Wildman–Crippen MR) is 43.9 cm³/mol. The lowest BCUT2D eigenvalue weighted by molar-refractivity contribution is 0.158. The van der Waals surface area contributed by atoms with Crippen LogP contribution in [0.2, 0.25) is 0 Å². The van der Waals surface area contributed by atoms with Crippen LogP contribution in [0.1, 0.15) is 12.8 Å². The van der Waals surface area contributed by atoms with E-state index in [0.717, 1.165) is 25.7 Å². The van der Waals surface area contributed by atoms with Gasteiger partial charge in [-0.3, -0.25) is 0 Å². The van der Waals surface area contributed by atoms with Crippen molar-refractivity contribution < 1.29 is 9.53 Å². The summed E-state index contributed by atoms with van der Waals surface area (Å²) >= 11 is 0. The first-order valence-corrected chi connectivity index (χ1v) is 4.51. The molecule has 0 aromatic carbocycles. The zero-order valence-corrected chi connectivity index (χ0v) is 7.08. The van der Waals surface area contributed by atoms with Gasteiger partial charge in [0.2, 0.25) is 0 Å². The summed E-state index contributed by atoms with van der Waals surface area (Å²) in [5.74, 6) is 0. The van der Waals surface area contributed by atoms with Crippen molar-refractivity contribution in [3.05, 3.63) is 0 Å². The van der Waals surface area contributed by atoms with Crippen LogP contribution >= 0.6 is 0 Å². The molecule has 0 spiro atoms. The molecule has 68 valence electrons. The number of carbonyl (C=O) groups is 1. The van der Waals surface area contributed by atoms with Crippen LogP contribution in [0.25, 0.3) is 0 Å². The van der Waals surface area contributed by atoms with Crippen molar-refractivity contribution in [2.45, 2.75) is 18.9 Å². The molecule has 1 saturated carbocycles. The molecule has 1 aliphatic carbocycles. The number of hydrogen-bond donors (Lipinski definition) is 1. The zero-order valence-electron chi connectivity index (χ0n) is 7.08. The number of ether oxygens (including phenoxy) is 1. The number of amides is 1. The minimum atomic E-state index is -0.160. The van der Waals surface area contributed by atoms with Crippen molar-refractivity contribution >= 4 is 6.09 Å². The number of nitrogens with one attached hydrogen (secondary N) is 1. The Bertz CT molecular complexity index is 180. The van der Waals surface area contributed by atoms with E-state index in [4.69, 9.17) is 4.74 Å². The van der Waals surface area contributed by atoms with Crippen molar-refractivity contribution in [1.29, 1.82) is 0 Å². The maximum atomic E-state index is 10.9. The van der Waals surface area contributed by atoms with Gasteiger partial charge in [-0.1, -0.05) is 0 Å². The molecule has 4 heteroatoms. The van der Waals surface area contributed by atoms with Crippen LogP contribution in [0.3, 0.4) is 0 Å². The number of hydrogen-bond acceptors (Lipinski definition) is 3. The largest absolute Gasteiger partial charge is 0.448 e. The number of carbonyl (C=O) groups excluding carboxylic acids is 1. The first-order chi connectivity index (χ1) is 5.86. The highest BCUT2D eigenvalue weighted by Crippen LogP contribution is 2.18. The number of cyclic esters (lactones) is 1. The molecule has 2 aliphatic rings. The van der Waals surface area contributed by atoms with E-state index in [9.17, 15) is 4.79 Å². The lowest BCUT2D eigenvalue weighted by atomic mass is 10.5. The molecule has 0 bridgehead atoms. The van der Waals surface area contributed by atoms with Crippen molar-refractivity contribution in [1.82, 2.24) is 10.2 Å². The second kappa shape index (κ2) is 3.31. The Morgan fingerprint density at radius 2 is 2.42 bits per heavy atom. The number of nitrogens with zero attached hydrogens (tertiary/aromatic N) is 1. The molecule has 1 amide bonds. The molecule has 0 aromatic heterocycles. The Hall–Kier alpha value is -0.770. The van der Waals surface area contributed by atoms with Crippen LogP contribution in [0.5, 0.6) is 0 Å². The topological polar surface area (TPSA) is 41.6 Å². The molecular weight excluding hydrogens is 156 g/mol. The van der Waals surface area contributed by atoms with Crippen molar-refractivity contribution in [2.24, 2.45) is 0 Å². The minimum absolute atomic E-state index is 0.160. The standard InChI is InChI=1S/C8H14N2O2/c11-8-10(5-6-12-8)4-3-9-7-1-2-7/h7,9H,1-6H2. The molecule has 4 nitrogen and oxygen atoms in total. The van der Waals surface area contributed by atoms with Gasteiger partial charge in [0.1, 0.15) is 6.61 Å². The van der Waals surface area contributed by atoms with E-state index < -0.39 is 0 Å². The van der Waals surface area contributed by atoms with Crippen molar-refractivity contribution in [3.63, 3.8) is 0 Å². The lowest BCUT2D eigenvalue weighted by Gasteiger charge is -2.12. The first kappa shape index (κ1) is 7.86. The van der Waals surface area contributed by atoms with Crippen LogP contribution < -0.4 is 5.32 Å². The molecule has 0 unspecified atom stereocenters. The second-order valence-electron chi connectivity index (χ2n) is 3.33. The summed E-state index contributed by atoms with van der Waals surface area (Å²) in [5, 5.41) is 3.35. The van der Waals surface area contributed by atoms with Gasteiger partial charge in [0.25, 0.3) is 0 Å². The molecule has 0 aromatic rings. The van der Waals surface area contributed by atoms with Crippen LogP contribution in [-0.2, 0) is 4.74 Å². The Kier molecular flexibility index (Phi) is 2.17. The van der Waals surface area contributed by atoms with E-state index >= 15 is 0 Å². The molecule has 2 rings (SSSR count). The monoisotopic (exact) mass is 170 g/mol. The van der Waals surface area contributed by atoms with Gasteiger partial charge in [-0.15, -0.1) is 0 Å². The normalized spacial score (nSPS) is 23.0. The van der Waals surface area contributed by atoms with Gasteiger partial charge in [0.15, 0.2) is 0 Å². The van der Waals surface area contributed by atoms with Gasteiger partial charge in [-0.05, 0) is 12.8 Å². The van der Waals surface area contributed by atoms with Crippen molar-refractivity contribution in [2.75, 3.05) is 26.2 Å². The predicted octanol–water partition coefficient (Wildman–Crippen LogP) is 0.191. The number of rotatable bonds is 4. The summed E-state index contributed by atoms with van der Waals surface area (Å²) in [6.07, 6.45) is 2.43. The van der Waals surface area contributed by atoms with Crippen LogP contribution in [-0.4, -0.2) is 43.3 Å². The third kappa shape index (κ3) is 1.88. The Balaban J connectivity index is 1.61. The molecular formula is C8H14N2O2. The van der Waals surface area contributed by atoms with E-state index in [1.165, 1.54) is 12.8 Å². The molecule has 2 fully saturated rings. The lowest BCUT2D eigenvalue weighted by Crippen LogP contribution is -2.33. The maximum absolute atomic E-state index is 10.9. The van der Waals surface area contributed by atoms with Gasteiger partial charge in [-0.25, -0.2) is 4.79 Å². The summed E-state index contributed by atoms with van der Waals surface area (Å²) in [4.78, 5) is 12.7. The highest BCUT2D eigenvalue weighted by Gasteiger charge is 2.23. The third-order valence-electron chi connectivity index (χ3n) is 2.24. The second-order valence-corrected chi connectivity index (χ2v) is 3.33. The van der Waals surface area contributed by atoms with E-state index in [2.05, 4.69) is 5.32 Å². The fourth-order valence-electron chi connectivity index (χ4n) is 1.32. The van der Waals surface area contributed by atoms with Crippen LogP contribution in [0.4, 0.5) is 4.79 Å². The van der Waals surface area contributed by atoms with Gasteiger partial charge >= 0.3 is 6.09 Å². The molecule has 1 aliphatic heterocycles. The summed E-state index contributed by atoms with van der Waals surface area (Å²) in [5.41, 5.74) is 0. The first-order valence-electron chi connectivity index (χ1n) is 4.51. The van der Waals surface area contributed by atoms with Gasteiger partial charge in [0.05, 0.1) is 6.54 Å². The molecule has 12 heavy (non-hydrogen) atoms. The van der Waals surface area contributed by atoms with Crippen LogP contribution in [0.15, 0.2) is 0 Å². The summed E-state index contributed by atoms with van der Waals surface area (Å²) in [7, 11) is 0. The SMILES string of the molecule is O=C1OCCN1CCNC1CC1. The smallest absolute Gasteiger partial charge is 0.409 e. The fourth-order valence-corrected chi connectivity index (χ4v) is 1.32. The van der Waals surface area contributed by atoms with E-state index in [0.29, 0.717) is 6.61 Å². The quantitative estimate of drug-likeness (QED) is 0.655. The Morgan fingerprint density at radius 1 is 1.58 bits per heavy atom. The average molecular weight is 170 g/mol.